The molecule has 1 heterocycles. The normalized spacial score (nSPS) is 17.0. The van der Waals surface area contributed by atoms with Gasteiger partial charge in [-0.3, -0.25) is 14.4 Å². The van der Waals surface area contributed by atoms with E-state index in [1.54, 1.807) is 0 Å². The molecule has 0 saturated carbocycles. The summed E-state index contributed by atoms with van der Waals surface area (Å²) in [5, 5.41) is 0. The molecule has 0 aliphatic carbocycles. The zero-order valence-electron chi connectivity index (χ0n) is 8.89. The second-order valence-corrected chi connectivity index (χ2v) is 3.57. The van der Waals surface area contributed by atoms with Crippen molar-refractivity contribution in [3.05, 3.63) is 12.2 Å². The van der Waals surface area contributed by atoms with E-state index >= 15 is 0 Å². The Hall–Kier alpha value is -1.53. The van der Waals surface area contributed by atoms with E-state index in [0.29, 0.717) is 24.3 Å². The van der Waals surface area contributed by atoms with Gasteiger partial charge in [-0.1, -0.05) is 6.42 Å². The molecule has 0 radical (unpaired) electrons. The molecule has 0 aromatic rings. The molecule has 0 fully saturated rings. The summed E-state index contributed by atoms with van der Waals surface area (Å²) in [6.45, 7) is 0.532. The van der Waals surface area contributed by atoms with Gasteiger partial charge in [0.1, 0.15) is 0 Å². The molecule has 0 aromatic carbocycles. The minimum atomic E-state index is -0.820. The average Bonchev–Trinajstić information content (AvgIpc) is 2.58. The van der Waals surface area contributed by atoms with Crippen molar-refractivity contribution in [2.45, 2.75) is 25.3 Å². The molecule has 1 unspecified atom stereocenters. The van der Waals surface area contributed by atoms with Gasteiger partial charge in [0.15, 0.2) is 0 Å². The van der Waals surface area contributed by atoms with E-state index in [9.17, 15) is 14.4 Å². The van der Waals surface area contributed by atoms with Crippen LogP contribution in [0, 0.1) is 0 Å². The van der Waals surface area contributed by atoms with Gasteiger partial charge in [0.2, 0.25) is 0 Å². The zero-order chi connectivity index (χ0) is 12.1. The number of unbranched alkanes of at least 4 members (excludes halogenated alkanes) is 1. The molecule has 0 bridgehead atoms. The summed E-state index contributed by atoms with van der Waals surface area (Å²) < 4.78 is 0. The smallest absolute Gasteiger partial charge is 0.260 e. The highest BCUT2D eigenvalue weighted by Crippen LogP contribution is 2.08. The number of nitrogens with two attached hydrogens (primary N) is 2. The lowest BCUT2D eigenvalue weighted by Crippen LogP contribution is -2.46. The van der Waals surface area contributed by atoms with E-state index in [4.69, 9.17) is 11.5 Å². The van der Waals surface area contributed by atoms with Gasteiger partial charge in [0.05, 0.1) is 6.04 Å². The van der Waals surface area contributed by atoms with Crippen LogP contribution < -0.4 is 11.5 Å². The lowest BCUT2D eigenvalue weighted by Gasteiger charge is -2.16. The van der Waals surface area contributed by atoms with E-state index in [1.807, 2.05) is 0 Å². The van der Waals surface area contributed by atoms with Crippen molar-refractivity contribution in [3.63, 3.8) is 0 Å². The number of imide groups is 3. The second-order valence-electron chi connectivity index (χ2n) is 3.57. The first-order valence-electron chi connectivity index (χ1n) is 5.13. The summed E-state index contributed by atoms with van der Waals surface area (Å²) in [7, 11) is 0. The summed E-state index contributed by atoms with van der Waals surface area (Å²) >= 11 is 0. The molecule has 88 valence electrons. The number of rotatable bonds is 5. The number of nitrogens with zero attached hydrogens (tertiary/aromatic N) is 1. The number of carbonyl (C=O) groups excluding carboxylic acids is 3. The van der Waals surface area contributed by atoms with E-state index in [2.05, 4.69) is 0 Å². The highest BCUT2D eigenvalue weighted by molar-refractivity contribution is 6.23. The van der Waals surface area contributed by atoms with Crippen LogP contribution in [-0.4, -0.2) is 35.2 Å². The topological polar surface area (TPSA) is 106 Å². The van der Waals surface area contributed by atoms with Gasteiger partial charge >= 0.3 is 0 Å². The molecule has 0 saturated heterocycles. The SMILES string of the molecule is NCCCCC(N)C(=O)N1C(=O)C=CC1=O. The van der Waals surface area contributed by atoms with E-state index in [0.717, 1.165) is 18.6 Å². The third-order valence-corrected chi connectivity index (χ3v) is 2.32. The van der Waals surface area contributed by atoms with Crippen molar-refractivity contribution < 1.29 is 14.4 Å². The summed E-state index contributed by atoms with van der Waals surface area (Å²) in [4.78, 5) is 34.6. The maximum absolute atomic E-state index is 11.6. The molecule has 1 aliphatic rings. The van der Waals surface area contributed by atoms with Gasteiger partial charge in [-0.15, -0.1) is 0 Å². The average molecular weight is 225 g/mol. The first-order valence-corrected chi connectivity index (χ1v) is 5.13. The predicted octanol–water partition coefficient (Wildman–Crippen LogP) is -1.11. The molecule has 6 nitrogen and oxygen atoms in total. The number of amides is 3. The van der Waals surface area contributed by atoms with Crippen molar-refractivity contribution in [3.8, 4) is 0 Å². The van der Waals surface area contributed by atoms with Crippen LogP contribution in [-0.2, 0) is 14.4 Å². The molecule has 6 heteroatoms. The standard InChI is InChI=1S/C10H15N3O3/c11-6-2-1-3-7(12)10(16)13-8(14)4-5-9(13)15/h4-5,7H,1-3,6,11-12H2. The van der Waals surface area contributed by atoms with Crippen LogP contribution in [0.5, 0.6) is 0 Å². The third kappa shape index (κ3) is 2.74. The van der Waals surface area contributed by atoms with E-state index in [-0.39, 0.29) is 0 Å². The molecule has 3 amide bonds. The van der Waals surface area contributed by atoms with Crippen LogP contribution in [0.4, 0.5) is 0 Å². The highest BCUT2D eigenvalue weighted by atomic mass is 16.2. The Morgan fingerprint density at radius 1 is 1.25 bits per heavy atom. The van der Waals surface area contributed by atoms with Crippen molar-refractivity contribution in [2.24, 2.45) is 11.5 Å². The van der Waals surface area contributed by atoms with Crippen LogP contribution in [0.25, 0.3) is 0 Å². The minimum Gasteiger partial charge on any atom is -0.330 e. The maximum Gasteiger partial charge on any atom is 0.260 e. The molecule has 1 aliphatic heterocycles. The fraction of sp³-hybridized carbons (Fsp3) is 0.500. The quantitative estimate of drug-likeness (QED) is 0.456. The van der Waals surface area contributed by atoms with Crippen molar-refractivity contribution in [1.29, 1.82) is 0 Å². The van der Waals surface area contributed by atoms with Gasteiger partial charge in [-0.05, 0) is 19.4 Å². The second kappa shape index (κ2) is 5.53. The molecule has 4 N–H and O–H groups in total. The van der Waals surface area contributed by atoms with Crippen LogP contribution in [0.15, 0.2) is 12.2 Å². The summed E-state index contributed by atoms with van der Waals surface area (Å²) in [6.07, 6.45) is 4.01. The highest BCUT2D eigenvalue weighted by Gasteiger charge is 2.32. The monoisotopic (exact) mass is 225 g/mol. The van der Waals surface area contributed by atoms with E-state index in [1.165, 1.54) is 0 Å². The molecule has 0 aromatic heterocycles. The first kappa shape index (κ1) is 12.5. The fourth-order valence-corrected chi connectivity index (χ4v) is 1.42. The summed E-state index contributed by atoms with van der Waals surface area (Å²) in [6, 6.07) is -0.820. The van der Waals surface area contributed by atoms with Gasteiger partial charge < -0.3 is 11.5 Å². The minimum absolute atomic E-state index is 0.424. The lowest BCUT2D eigenvalue weighted by atomic mass is 10.1. The van der Waals surface area contributed by atoms with Crippen LogP contribution in [0.2, 0.25) is 0 Å². The van der Waals surface area contributed by atoms with Crippen LogP contribution in [0.3, 0.4) is 0 Å². The fourth-order valence-electron chi connectivity index (χ4n) is 1.42. The van der Waals surface area contributed by atoms with Gasteiger partial charge in [-0.25, -0.2) is 4.90 Å². The zero-order valence-corrected chi connectivity index (χ0v) is 8.89. The van der Waals surface area contributed by atoms with Gasteiger partial charge in [-0.2, -0.15) is 0 Å². The Labute approximate surface area is 93.3 Å². The van der Waals surface area contributed by atoms with Crippen molar-refractivity contribution in [1.82, 2.24) is 4.90 Å². The molecular weight excluding hydrogens is 210 g/mol. The predicted molar refractivity (Wildman–Crippen MR) is 56.9 cm³/mol. The van der Waals surface area contributed by atoms with Crippen molar-refractivity contribution >= 4 is 17.7 Å². The Balaban J connectivity index is 2.51. The third-order valence-electron chi connectivity index (χ3n) is 2.32. The maximum atomic E-state index is 11.6. The van der Waals surface area contributed by atoms with Gasteiger partial charge in [0.25, 0.3) is 17.7 Å². The molecular formula is C10H15N3O3. The summed E-state index contributed by atoms with van der Waals surface area (Å²) in [5.41, 5.74) is 10.9. The Kier molecular flexibility index (Phi) is 4.33. The number of hydrogen-bond acceptors (Lipinski definition) is 5. The van der Waals surface area contributed by atoms with Crippen LogP contribution >= 0.6 is 0 Å². The number of hydrogen-bond donors (Lipinski definition) is 2. The lowest BCUT2D eigenvalue weighted by molar-refractivity contribution is -0.149. The Bertz CT molecular complexity index is 320. The largest absolute Gasteiger partial charge is 0.330 e. The van der Waals surface area contributed by atoms with Crippen molar-refractivity contribution in [2.75, 3.05) is 6.54 Å². The molecule has 1 atom stereocenters. The number of carbonyl (C=O) groups is 3. The summed E-state index contributed by atoms with van der Waals surface area (Å²) in [5.74, 6) is -1.88. The Morgan fingerprint density at radius 2 is 1.81 bits per heavy atom. The Morgan fingerprint density at radius 3 is 2.31 bits per heavy atom. The first-order chi connectivity index (χ1) is 7.57. The molecule has 16 heavy (non-hydrogen) atoms. The molecule has 0 spiro atoms. The van der Waals surface area contributed by atoms with E-state index < -0.39 is 23.8 Å². The van der Waals surface area contributed by atoms with Gasteiger partial charge in [0, 0.05) is 12.2 Å². The van der Waals surface area contributed by atoms with Crippen LogP contribution in [0.1, 0.15) is 19.3 Å². The molecule has 1 rings (SSSR count).